The molecular weight excluding hydrogens is 240 g/mol. The smallest absolute Gasteiger partial charge is 0.258 e. The molecule has 2 aromatic rings. The first kappa shape index (κ1) is 12.2. The maximum absolute atomic E-state index is 12.7. The molecule has 2 unspecified atom stereocenters. The molecule has 100 valence electrons. The molecule has 19 heavy (non-hydrogen) atoms. The summed E-state index contributed by atoms with van der Waals surface area (Å²) in [6, 6.07) is 6.17. The Bertz CT molecular complexity index is 596. The van der Waals surface area contributed by atoms with E-state index in [0.29, 0.717) is 5.56 Å². The number of carbonyl (C=O) groups excluding carboxylic acids is 1. The van der Waals surface area contributed by atoms with Gasteiger partial charge in [-0.1, -0.05) is 6.07 Å². The van der Waals surface area contributed by atoms with Gasteiger partial charge in [-0.2, -0.15) is 5.10 Å². The highest BCUT2D eigenvalue weighted by molar-refractivity contribution is 6.01. The molecule has 0 aromatic carbocycles. The van der Waals surface area contributed by atoms with Gasteiger partial charge in [-0.05, 0) is 26.0 Å². The van der Waals surface area contributed by atoms with Crippen molar-refractivity contribution in [3.05, 3.63) is 36.2 Å². The van der Waals surface area contributed by atoms with Gasteiger partial charge < -0.3 is 10.2 Å². The topological polar surface area (TPSA) is 49.6 Å². The maximum Gasteiger partial charge on any atom is 0.258 e. The van der Waals surface area contributed by atoms with Crippen LogP contribution in [0.5, 0.6) is 0 Å². The fourth-order valence-electron chi connectivity index (χ4n) is 2.77. The number of rotatable bonds is 1. The van der Waals surface area contributed by atoms with E-state index in [2.05, 4.69) is 24.3 Å². The van der Waals surface area contributed by atoms with E-state index >= 15 is 0 Å². The van der Waals surface area contributed by atoms with Gasteiger partial charge in [0.1, 0.15) is 0 Å². The van der Waals surface area contributed by atoms with Crippen molar-refractivity contribution in [3.8, 4) is 0 Å². The van der Waals surface area contributed by atoms with E-state index < -0.39 is 0 Å². The summed E-state index contributed by atoms with van der Waals surface area (Å²) in [5.74, 6) is 0.0719. The summed E-state index contributed by atoms with van der Waals surface area (Å²) in [5.41, 5.74) is 1.55. The lowest BCUT2D eigenvalue weighted by Crippen LogP contribution is -2.57. The van der Waals surface area contributed by atoms with Crippen molar-refractivity contribution in [2.75, 3.05) is 13.1 Å². The summed E-state index contributed by atoms with van der Waals surface area (Å²) >= 11 is 0. The summed E-state index contributed by atoms with van der Waals surface area (Å²) in [5, 5.41) is 7.58. The largest absolute Gasteiger partial charge is 0.331 e. The molecule has 0 spiro atoms. The first-order chi connectivity index (χ1) is 9.18. The first-order valence-corrected chi connectivity index (χ1v) is 6.64. The lowest BCUT2D eigenvalue weighted by molar-refractivity contribution is 0.0546. The molecule has 1 saturated heterocycles. The summed E-state index contributed by atoms with van der Waals surface area (Å²) in [4.78, 5) is 14.7. The van der Waals surface area contributed by atoms with E-state index in [9.17, 15) is 4.79 Å². The van der Waals surface area contributed by atoms with Crippen LogP contribution < -0.4 is 5.32 Å². The Morgan fingerprint density at radius 2 is 2.05 bits per heavy atom. The average molecular weight is 258 g/mol. The van der Waals surface area contributed by atoms with Gasteiger partial charge in [0, 0.05) is 31.4 Å². The molecule has 0 aliphatic carbocycles. The number of fused-ring (bicyclic) bond motifs is 1. The lowest BCUT2D eigenvalue weighted by atomic mass is 10.1. The predicted octanol–water partition coefficient (Wildman–Crippen LogP) is 1.16. The number of piperazine rings is 1. The Morgan fingerprint density at radius 3 is 2.79 bits per heavy atom. The monoisotopic (exact) mass is 258 g/mol. The van der Waals surface area contributed by atoms with E-state index in [1.165, 1.54) is 0 Å². The number of hydrogen-bond acceptors (Lipinski definition) is 3. The second-order valence-corrected chi connectivity index (χ2v) is 5.16. The Morgan fingerprint density at radius 1 is 1.32 bits per heavy atom. The molecule has 2 atom stereocenters. The normalized spacial score (nSPS) is 23.8. The minimum atomic E-state index is 0.0719. The molecule has 1 fully saturated rings. The van der Waals surface area contributed by atoms with Crippen LogP contribution in [0.2, 0.25) is 0 Å². The standard InChI is InChI=1S/C14H18N4O/c1-10-7-15-8-11(2)18(10)14(19)12-9-16-17-6-4-3-5-13(12)17/h3-6,9-11,15H,7-8H2,1-2H3. The number of nitrogens with zero attached hydrogens (tertiary/aromatic N) is 3. The zero-order chi connectivity index (χ0) is 13.4. The zero-order valence-electron chi connectivity index (χ0n) is 11.2. The fourth-order valence-corrected chi connectivity index (χ4v) is 2.77. The quantitative estimate of drug-likeness (QED) is 0.835. The third kappa shape index (κ3) is 2.00. The SMILES string of the molecule is CC1CNCC(C)N1C(=O)c1cnn2ccccc12. The molecule has 0 radical (unpaired) electrons. The third-order valence-corrected chi connectivity index (χ3v) is 3.72. The van der Waals surface area contributed by atoms with E-state index in [0.717, 1.165) is 18.6 Å². The second kappa shape index (κ2) is 4.66. The van der Waals surface area contributed by atoms with Crippen molar-refractivity contribution in [2.45, 2.75) is 25.9 Å². The number of carbonyl (C=O) groups is 1. The van der Waals surface area contributed by atoms with Gasteiger partial charge in [0.05, 0.1) is 17.3 Å². The van der Waals surface area contributed by atoms with Crippen LogP contribution in [-0.4, -0.2) is 45.6 Å². The van der Waals surface area contributed by atoms with Crippen molar-refractivity contribution < 1.29 is 4.79 Å². The average Bonchev–Trinajstić information content (AvgIpc) is 2.82. The minimum Gasteiger partial charge on any atom is -0.331 e. The second-order valence-electron chi connectivity index (χ2n) is 5.16. The van der Waals surface area contributed by atoms with Crippen LogP contribution in [0, 0.1) is 0 Å². The van der Waals surface area contributed by atoms with E-state index in [1.807, 2.05) is 29.3 Å². The predicted molar refractivity (Wildman–Crippen MR) is 73.2 cm³/mol. The highest BCUT2D eigenvalue weighted by Crippen LogP contribution is 2.18. The summed E-state index contributed by atoms with van der Waals surface area (Å²) in [6.07, 6.45) is 3.52. The van der Waals surface area contributed by atoms with Crippen molar-refractivity contribution in [1.82, 2.24) is 19.8 Å². The molecule has 3 rings (SSSR count). The highest BCUT2D eigenvalue weighted by atomic mass is 16.2. The molecule has 0 saturated carbocycles. The van der Waals surface area contributed by atoms with Crippen molar-refractivity contribution in [1.29, 1.82) is 0 Å². The van der Waals surface area contributed by atoms with Gasteiger partial charge in [-0.3, -0.25) is 4.79 Å². The molecule has 1 N–H and O–H groups in total. The van der Waals surface area contributed by atoms with Gasteiger partial charge in [0.2, 0.25) is 0 Å². The Balaban J connectivity index is 1.99. The number of pyridine rings is 1. The van der Waals surface area contributed by atoms with Gasteiger partial charge >= 0.3 is 0 Å². The van der Waals surface area contributed by atoms with Gasteiger partial charge in [0.15, 0.2) is 0 Å². The van der Waals surface area contributed by atoms with Crippen LogP contribution in [0.4, 0.5) is 0 Å². The third-order valence-electron chi connectivity index (χ3n) is 3.72. The molecule has 1 amide bonds. The van der Waals surface area contributed by atoms with Gasteiger partial charge in [0.25, 0.3) is 5.91 Å². The summed E-state index contributed by atoms with van der Waals surface area (Å²) in [7, 11) is 0. The van der Waals surface area contributed by atoms with Crippen LogP contribution in [-0.2, 0) is 0 Å². The van der Waals surface area contributed by atoms with Crippen molar-refractivity contribution in [2.24, 2.45) is 0 Å². The molecular formula is C14H18N4O. The Labute approximate surface area is 112 Å². The Hall–Kier alpha value is -1.88. The number of nitrogens with one attached hydrogen (secondary N) is 1. The lowest BCUT2D eigenvalue weighted by Gasteiger charge is -2.39. The van der Waals surface area contributed by atoms with E-state index in [1.54, 1.807) is 10.7 Å². The first-order valence-electron chi connectivity index (χ1n) is 6.64. The van der Waals surface area contributed by atoms with E-state index in [4.69, 9.17) is 0 Å². The van der Waals surface area contributed by atoms with Crippen LogP contribution >= 0.6 is 0 Å². The number of aromatic nitrogens is 2. The molecule has 5 nitrogen and oxygen atoms in total. The Kier molecular flexibility index (Phi) is 2.98. The van der Waals surface area contributed by atoms with Crippen LogP contribution in [0.15, 0.2) is 30.6 Å². The summed E-state index contributed by atoms with van der Waals surface area (Å²) in [6.45, 7) is 5.84. The number of amides is 1. The van der Waals surface area contributed by atoms with E-state index in [-0.39, 0.29) is 18.0 Å². The summed E-state index contributed by atoms with van der Waals surface area (Å²) < 4.78 is 1.74. The van der Waals surface area contributed by atoms with Crippen LogP contribution in [0.3, 0.4) is 0 Å². The molecule has 0 bridgehead atoms. The zero-order valence-corrected chi connectivity index (χ0v) is 11.2. The van der Waals surface area contributed by atoms with Gasteiger partial charge in [-0.25, -0.2) is 4.52 Å². The molecule has 2 aromatic heterocycles. The van der Waals surface area contributed by atoms with Gasteiger partial charge in [-0.15, -0.1) is 0 Å². The molecule has 3 heterocycles. The highest BCUT2D eigenvalue weighted by Gasteiger charge is 2.30. The fraction of sp³-hybridized carbons (Fsp3) is 0.429. The number of hydrogen-bond donors (Lipinski definition) is 1. The van der Waals surface area contributed by atoms with Crippen molar-refractivity contribution >= 4 is 11.4 Å². The molecule has 1 aliphatic heterocycles. The van der Waals surface area contributed by atoms with Crippen LogP contribution in [0.1, 0.15) is 24.2 Å². The minimum absolute atomic E-state index is 0.0719. The van der Waals surface area contributed by atoms with Crippen molar-refractivity contribution in [3.63, 3.8) is 0 Å². The maximum atomic E-state index is 12.7. The van der Waals surface area contributed by atoms with Crippen LogP contribution in [0.25, 0.3) is 5.52 Å². The molecule has 5 heteroatoms. The molecule has 1 aliphatic rings.